The van der Waals surface area contributed by atoms with Crippen molar-refractivity contribution in [3.05, 3.63) is 59.4 Å². The normalized spacial score (nSPS) is 19.7. The largest absolute Gasteiger partial charge is 0.495 e. The first-order valence-electron chi connectivity index (χ1n) is 8.53. The van der Waals surface area contributed by atoms with Gasteiger partial charge in [-0.15, -0.1) is 0 Å². The number of pyridine rings is 1. The molecule has 0 saturated carbocycles. The molecule has 0 bridgehead atoms. The zero-order valence-electron chi connectivity index (χ0n) is 14.7. The minimum absolute atomic E-state index is 0.0833. The molecule has 1 aromatic heterocycles. The Labute approximate surface area is 154 Å². The minimum Gasteiger partial charge on any atom is -0.495 e. The van der Waals surface area contributed by atoms with Gasteiger partial charge in [0, 0.05) is 30.7 Å². The van der Waals surface area contributed by atoms with Gasteiger partial charge in [-0.1, -0.05) is 12.1 Å². The van der Waals surface area contributed by atoms with E-state index < -0.39 is 11.7 Å². The second kappa shape index (κ2) is 7.96. The number of benzene rings is 1. The molecular formula is C19H20F3N3O2. The number of aromatic nitrogens is 1. The first kappa shape index (κ1) is 19.2. The smallest absolute Gasteiger partial charge is 0.416 e. The van der Waals surface area contributed by atoms with E-state index in [0.29, 0.717) is 24.5 Å². The highest BCUT2D eigenvalue weighted by Gasteiger charge is 2.32. The molecule has 1 saturated heterocycles. The number of hydrogen-bond acceptors (Lipinski definition) is 4. The highest BCUT2D eigenvalue weighted by Crippen LogP contribution is 2.31. The molecule has 1 aliphatic heterocycles. The van der Waals surface area contributed by atoms with Gasteiger partial charge in [0.15, 0.2) is 0 Å². The molecule has 2 aromatic rings. The van der Waals surface area contributed by atoms with E-state index >= 15 is 0 Å². The lowest BCUT2D eigenvalue weighted by molar-refractivity contribution is -0.137. The second-order valence-corrected chi connectivity index (χ2v) is 6.42. The summed E-state index contributed by atoms with van der Waals surface area (Å²) >= 11 is 0. The van der Waals surface area contributed by atoms with Crippen molar-refractivity contribution in [2.24, 2.45) is 0 Å². The lowest BCUT2D eigenvalue weighted by Crippen LogP contribution is -2.40. The van der Waals surface area contributed by atoms with E-state index in [0.717, 1.165) is 17.7 Å². The Morgan fingerprint density at radius 1 is 1.22 bits per heavy atom. The predicted octanol–water partition coefficient (Wildman–Crippen LogP) is 2.52. The summed E-state index contributed by atoms with van der Waals surface area (Å²) in [5.74, 6) is 0.347. The third kappa shape index (κ3) is 4.77. The Bertz CT molecular complexity index is 776. The zero-order valence-corrected chi connectivity index (χ0v) is 14.7. The van der Waals surface area contributed by atoms with Crippen molar-refractivity contribution < 1.29 is 22.7 Å². The van der Waals surface area contributed by atoms with Crippen LogP contribution in [0.1, 0.15) is 22.7 Å². The van der Waals surface area contributed by atoms with Crippen LogP contribution >= 0.6 is 0 Å². The van der Waals surface area contributed by atoms with Crippen molar-refractivity contribution in [3.63, 3.8) is 0 Å². The average molecular weight is 379 g/mol. The summed E-state index contributed by atoms with van der Waals surface area (Å²) < 4.78 is 43.2. The van der Waals surface area contributed by atoms with E-state index in [1.165, 1.54) is 19.2 Å². The van der Waals surface area contributed by atoms with Crippen molar-refractivity contribution in [2.75, 3.05) is 20.2 Å². The maximum absolute atomic E-state index is 12.7. The molecule has 5 nitrogen and oxygen atoms in total. The van der Waals surface area contributed by atoms with Crippen LogP contribution in [0, 0.1) is 0 Å². The van der Waals surface area contributed by atoms with E-state index in [-0.39, 0.29) is 24.3 Å². The number of carbonyl (C=O) groups is 1. The highest BCUT2D eigenvalue weighted by molar-refractivity contribution is 5.78. The number of rotatable bonds is 5. The zero-order chi connectivity index (χ0) is 19.4. The van der Waals surface area contributed by atoms with Crippen LogP contribution < -0.4 is 15.4 Å². The van der Waals surface area contributed by atoms with Gasteiger partial charge < -0.3 is 15.4 Å². The molecule has 2 atom stereocenters. The van der Waals surface area contributed by atoms with Gasteiger partial charge in [0.1, 0.15) is 5.75 Å². The first-order chi connectivity index (χ1) is 12.9. The molecule has 1 aromatic carbocycles. The van der Waals surface area contributed by atoms with Crippen LogP contribution in [-0.2, 0) is 17.4 Å². The predicted molar refractivity (Wildman–Crippen MR) is 93.5 cm³/mol. The summed E-state index contributed by atoms with van der Waals surface area (Å²) in [7, 11) is 1.54. The summed E-state index contributed by atoms with van der Waals surface area (Å²) in [5, 5.41) is 6.14. The number of carbonyl (C=O) groups excluding carboxylic acids is 1. The third-order valence-electron chi connectivity index (χ3n) is 4.60. The summed E-state index contributed by atoms with van der Waals surface area (Å²) in [6, 6.07) is 8.38. The fourth-order valence-electron chi connectivity index (χ4n) is 3.16. The molecule has 0 radical (unpaired) electrons. The van der Waals surface area contributed by atoms with E-state index in [1.807, 2.05) is 0 Å². The fraction of sp³-hybridized carbons (Fsp3) is 0.368. The summed E-state index contributed by atoms with van der Waals surface area (Å²) in [6.07, 6.45) is -2.68. The van der Waals surface area contributed by atoms with Crippen molar-refractivity contribution >= 4 is 5.91 Å². The number of nitrogens with one attached hydrogen (secondary N) is 2. The van der Waals surface area contributed by atoms with Crippen molar-refractivity contribution in [1.82, 2.24) is 15.6 Å². The Hall–Kier alpha value is -2.61. The van der Waals surface area contributed by atoms with Gasteiger partial charge in [0.25, 0.3) is 0 Å². The number of hydrogen-bond donors (Lipinski definition) is 2. The Balaban J connectivity index is 1.62. The topological polar surface area (TPSA) is 63.2 Å². The summed E-state index contributed by atoms with van der Waals surface area (Å²) in [4.78, 5) is 16.5. The van der Waals surface area contributed by atoms with Crippen LogP contribution in [-0.4, -0.2) is 37.1 Å². The second-order valence-electron chi connectivity index (χ2n) is 6.42. The van der Waals surface area contributed by atoms with Gasteiger partial charge in [-0.3, -0.25) is 9.78 Å². The third-order valence-corrected chi connectivity index (χ3v) is 4.60. The summed E-state index contributed by atoms with van der Waals surface area (Å²) in [6.45, 7) is 1.16. The maximum atomic E-state index is 12.7. The molecular weight excluding hydrogens is 359 g/mol. The van der Waals surface area contributed by atoms with E-state index in [2.05, 4.69) is 15.6 Å². The van der Waals surface area contributed by atoms with Crippen molar-refractivity contribution in [1.29, 1.82) is 0 Å². The molecule has 3 rings (SSSR count). The average Bonchev–Trinajstić information content (AvgIpc) is 3.09. The monoisotopic (exact) mass is 379 g/mol. The summed E-state index contributed by atoms with van der Waals surface area (Å²) in [5.41, 5.74) is 0.703. The molecule has 2 N–H and O–H groups in total. The molecule has 0 unspecified atom stereocenters. The minimum atomic E-state index is -4.36. The molecule has 1 amide bonds. The van der Waals surface area contributed by atoms with Gasteiger partial charge in [-0.25, -0.2) is 0 Å². The molecule has 0 aliphatic carbocycles. The lowest BCUT2D eigenvalue weighted by atomic mass is 9.93. The lowest BCUT2D eigenvalue weighted by Gasteiger charge is -2.21. The fourth-order valence-corrected chi connectivity index (χ4v) is 3.16. The number of ether oxygens (including phenoxy) is 1. The molecule has 0 spiro atoms. The Kier molecular flexibility index (Phi) is 5.65. The van der Waals surface area contributed by atoms with Gasteiger partial charge in [-0.05, 0) is 29.8 Å². The molecule has 1 aliphatic rings. The van der Waals surface area contributed by atoms with Crippen LogP contribution in [0.25, 0.3) is 0 Å². The molecule has 2 heterocycles. The maximum Gasteiger partial charge on any atom is 0.416 e. The van der Waals surface area contributed by atoms with Gasteiger partial charge in [-0.2, -0.15) is 13.2 Å². The van der Waals surface area contributed by atoms with E-state index in [9.17, 15) is 18.0 Å². The standard InChI is InChI=1S/C19H20F3N3O2/c1-27-15-7-6-14(24-9-15)8-18(26)25-17-11-23-10-16(17)12-2-4-13(5-3-12)19(20,21)22/h2-7,9,16-17,23H,8,10-11H2,1H3,(H,25,26)/t16-,17+/m1/s1. The van der Waals surface area contributed by atoms with Crippen LogP contribution in [0.2, 0.25) is 0 Å². The highest BCUT2D eigenvalue weighted by atomic mass is 19.4. The molecule has 1 fully saturated rings. The Morgan fingerprint density at radius 2 is 1.96 bits per heavy atom. The van der Waals surface area contributed by atoms with Crippen molar-refractivity contribution in [3.8, 4) is 5.75 Å². The number of methoxy groups -OCH3 is 1. The molecule has 27 heavy (non-hydrogen) atoms. The molecule has 8 heteroatoms. The van der Waals surface area contributed by atoms with E-state index in [4.69, 9.17) is 4.74 Å². The van der Waals surface area contributed by atoms with Gasteiger partial charge in [0.05, 0.1) is 25.3 Å². The first-order valence-corrected chi connectivity index (χ1v) is 8.53. The number of amides is 1. The number of halogens is 3. The van der Waals surface area contributed by atoms with E-state index in [1.54, 1.807) is 18.3 Å². The van der Waals surface area contributed by atoms with Gasteiger partial charge in [0.2, 0.25) is 5.91 Å². The Morgan fingerprint density at radius 3 is 2.56 bits per heavy atom. The number of alkyl halides is 3. The van der Waals surface area contributed by atoms with Crippen LogP contribution in [0.3, 0.4) is 0 Å². The van der Waals surface area contributed by atoms with Crippen LogP contribution in [0.5, 0.6) is 5.75 Å². The van der Waals surface area contributed by atoms with Crippen LogP contribution in [0.4, 0.5) is 13.2 Å². The van der Waals surface area contributed by atoms with Gasteiger partial charge >= 0.3 is 6.18 Å². The molecule has 144 valence electrons. The number of nitrogens with zero attached hydrogens (tertiary/aromatic N) is 1. The van der Waals surface area contributed by atoms with Crippen LogP contribution in [0.15, 0.2) is 42.6 Å². The quantitative estimate of drug-likeness (QED) is 0.838. The van der Waals surface area contributed by atoms with Crippen molar-refractivity contribution in [2.45, 2.75) is 24.6 Å². The SMILES string of the molecule is COc1ccc(CC(=O)N[C@H]2CNC[C@@H]2c2ccc(C(F)(F)F)cc2)nc1.